The van der Waals surface area contributed by atoms with Crippen LogP contribution in [0.4, 0.5) is 0 Å². The van der Waals surface area contributed by atoms with E-state index in [2.05, 4.69) is 0 Å². The number of carbonyl (C=O) groups is 1. The molecule has 0 saturated carbocycles. The van der Waals surface area contributed by atoms with E-state index in [9.17, 15) is 4.79 Å². The maximum Gasteiger partial charge on any atom is 0.325 e. The van der Waals surface area contributed by atoms with Crippen LogP contribution in [0.1, 0.15) is 32.6 Å². The Bertz CT molecular complexity index is 168. The lowest BCUT2D eigenvalue weighted by molar-refractivity contribution is -0.186. The zero-order valence-corrected chi connectivity index (χ0v) is 8.74. The molecular weight excluding hydrogens is 182 g/mol. The van der Waals surface area contributed by atoms with Gasteiger partial charge in [-0.15, -0.1) is 5.06 Å². The fourth-order valence-corrected chi connectivity index (χ4v) is 1.53. The first-order valence-corrected chi connectivity index (χ1v) is 5.32. The van der Waals surface area contributed by atoms with E-state index in [1.54, 1.807) is 5.06 Å². The molecule has 0 aromatic carbocycles. The molecule has 0 aromatic rings. The van der Waals surface area contributed by atoms with E-state index in [0.29, 0.717) is 6.42 Å². The third-order valence-electron chi connectivity index (χ3n) is 2.59. The van der Waals surface area contributed by atoms with E-state index in [-0.39, 0.29) is 18.5 Å². The smallest absolute Gasteiger partial charge is 0.325 e. The van der Waals surface area contributed by atoms with Gasteiger partial charge in [0, 0.05) is 19.7 Å². The van der Waals surface area contributed by atoms with Gasteiger partial charge in [0.25, 0.3) is 0 Å². The second-order valence-corrected chi connectivity index (χ2v) is 3.76. The van der Waals surface area contributed by atoms with E-state index in [4.69, 9.17) is 9.94 Å². The molecule has 1 saturated heterocycles. The number of nitrogens with zero attached hydrogens (tertiary/aromatic N) is 1. The standard InChI is InChI=1S/C10H19NO3/c1-2-9(8-12)7-10(13)14-11-5-3-4-6-11/h9,12H,2-8H2,1H3/t9-/m0/s1. The zero-order valence-electron chi connectivity index (χ0n) is 8.74. The van der Waals surface area contributed by atoms with Crippen LogP contribution >= 0.6 is 0 Å². The van der Waals surface area contributed by atoms with Crippen molar-refractivity contribution >= 4 is 5.97 Å². The lowest BCUT2D eigenvalue weighted by Gasteiger charge is -2.16. The molecule has 0 bridgehead atoms. The molecule has 1 rings (SSSR count). The number of hydrogen-bond acceptors (Lipinski definition) is 4. The second-order valence-electron chi connectivity index (χ2n) is 3.76. The molecule has 0 unspecified atom stereocenters. The van der Waals surface area contributed by atoms with Crippen LogP contribution < -0.4 is 0 Å². The van der Waals surface area contributed by atoms with Gasteiger partial charge in [0.1, 0.15) is 0 Å². The molecule has 0 aromatic heterocycles. The molecule has 1 N–H and O–H groups in total. The average molecular weight is 201 g/mol. The van der Waals surface area contributed by atoms with Gasteiger partial charge in [-0.3, -0.25) is 4.79 Å². The van der Waals surface area contributed by atoms with Crippen molar-refractivity contribution in [2.45, 2.75) is 32.6 Å². The quantitative estimate of drug-likeness (QED) is 0.719. The first-order chi connectivity index (χ1) is 6.76. The Morgan fingerprint density at radius 2 is 2.14 bits per heavy atom. The van der Waals surface area contributed by atoms with Crippen molar-refractivity contribution in [1.29, 1.82) is 0 Å². The van der Waals surface area contributed by atoms with Gasteiger partial charge in [-0.05, 0) is 18.8 Å². The van der Waals surface area contributed by atoms with Crippen LogP contribution in [0.2, 0.25) is 0 Å². The second kappa shape index (κ2) is 5.98. The molecule has 1 atom stereocenters. The molecule has 82 valence electrons. The molecule has 1 aliphatic heterocycles. The number of rotatable bonds is 5. The fraction of sp³-hybridized carbons (Fsp3) is 0.900. The van der Waals surface area contributed by atoms with Crippen molar-refractivity contribution in [1.82, 2.24) is 5.06 Å². The minimum atomic E-state index is -0.215. The van der Waals surface area contributed by atoms with Crippen LogP contribution in [-0.2, 0) is 9.63 Å². The lowest BCUT2D eigenvalue weighted by atomic mass is 10.0. The maximum absolute atomic E-state index is 11.4. The number of aliphatic hydroxyl groups is 1. The van der Waals surface area contributed by atoms with Crippen LogP contribution in [0.5, 0.6) is 0 Å². The summed E-state index contributed by atoms with van der Waals surface area (Å²) in [4.78, 5) is 16.5. The predicted molar refractivity (Wildman–Crippen MR) is 52.4 cm³/mol. The molecule has 4 nitrogen and oxygen atoms in total. The Morgan fingerprint density at radius 3 is 2.64 bits per heavy atom. The first-order valence-electron chi connectivity index (χ1n) is 5.32. The van der Waals surface area contributed by atoms with E-state index in [1.165, 1.54) is 0 Å². The van der Waals surface area contributed by atoms with Crippen LogP contribution in [0.25, 0.3) is 0 Å². The Kier molecular flexibility index (Phi) is 4.90. The third-order valence-corrected chi connectivity index (χ3v) is 2.59. The van der Waals surface area contributed by atoms with Gasteiger partial charge in [-0.2, -0.15) is 0 Å². The minimum Gasteiger partial charge on any atom is -0.396 e. The lowest BCUT2D eigenvalue weighted by Crippen LogP contribution is -2.25. The minimum absolute atomic E-state index is 0.0464. The highest BCUT2D eigenvalue weighted by Gasteiger charge is 2.18. The number of aliphatic hydroxyl groups excluding tert-OH is 1. The summed E-state index contributed by atoms with van der Waals surface area (Å²) in [5, 5.41) is 10.6. The Labute approximate surface area is 84.8 Å². The van der Waals surface area contributed by atoms with Crippen molar-refractivity contribution in [3.63, 3.8) is 0 Å². The van der Waals surface area contributed by atoms with Crippen molar-refractivity contribution in [3.05, 3.63) is 0 Å². The highest BCUT2D eigenvalue weighted by atomic mass is 16.7. The molecule has 4 heteroatoms. The van der Waals surface area contributed by atoms with Crippen molar-refractivity contribution in [3.8, 4) is 0 Å². The van der Waals surface area contributed by atoms with E-state index in [0.717, 1.165) is 32.4 Å². The number of hydroxylamine groups is 2. The van der Waals surface area contributed by atoms with Crippen molar-refractivity contribution < 1.29 is 14.7 Å². The van der Waals surface area contributed by atoms with Gasteiger partial charge in [-0.25, -0.2) is 0 Å². The largest absolute Gasteiger partial charge is 0.396 e. The van der Waals surface area contributed by atoms with Gasteiger partial charge >= 0.3 is 5.97 Å². The van der Waals surface area contributed by atoms with Crippen LogP contribution in [0, 0.1) is 5.92 Å². The summed E-state index contributed by atoms with van der Waals surface area (Å²) >= 11 is 0. The third kappa shape index (κ3) is 3.64. The topological polar surface area (TPSA) is 49.8 Å². The van der Waals surface area contributed by atoms with E-state index < -0.39 is 0 Å². The zero-order chi connectivity index (χ0) is 10.4. The highest BCUT2D eigenvalue weighted by molar-refractivity contribution is 5.69. The fourth-order valence-electron chi connectivity index (χ4n) is 1.53. The van der Waals surface area contributed by atoms with Crippen molar-refractivity contribution in [2.75, 3.05) is 19.7 Å². The highest BCUT2D eigenvalue weighted by Crippen LogP contribution is 2.12. The SMILES string of the molecule is CC[C@H](CO)CC(=O)ON1CCCC1. The summed E-state index contributed by atoms with van der Waals surface area (Å²) < 4.78 is 0. The summed E-state index contributed by atoms with van der Waals surface area (Å²) in [6.45, 7) is 3.72. The monoisotopic (exact) mass is 201 g/mol. The molecule has 0 radical (unpaired) electrons. The Hall–Kier alpha value is -0.610. The Balaban J connectivity index is 2.20. The van der Waals surface area contributed by atoms with E-state index >= 15 is 0 Å². The van der Waals surface area contributed by atoms with Crippen LogP contribution in [0.15, 0.2) is 0 Å². The number of carbonyl (C=O) groups excluding carboxylic acids is 1. The number of hydrogen-bond donors (Lipinski definition) is 1. The molecule has 0 spiro atoms. The van der Waals surface area contributed by atoms with Gasteiger partial charge < -0.3 is 9.94 Å². The van der Waals surface area contributed by atoms with Gasteiger partial charge in [0.2, 0.25) is 0 Å². The molecule has 1 aliphatic rings. The molecule has 0 aliphatic carbocycles. The van der Waals surface area contributed by atoms with Crippen LogP contribution in [-0.4, -0.2) is 35.8 Å². The maximum atomic E-state index is 11.4. The van der Waals surface area contributed by atoms with Gasteiger partial charge in [0.05, 0.1) is 6.42 Å². The average Bonchev–Trinajstić information content (AvgIpc) is 2.66. The predicted octanol–water partition coefficient (Wildman–Crippen LogP) is 0.949. The summed E-state index contributed by atoms with van der Waals surface area (Å²) in [7, 11) is 0. The molecule has 1 fully saturated rings. The molecule has 1 heterocycles. The van der Waals surface area contributed by atoms with E-state index in [1.807, 2.05) is 6.92 Å². The Morgan fingerprint density at radius 1 is 1.50 bits per heavy atom. The summed E-state index contributed by atoms with van der Waals surface area (Å²) in [6.07, 6.45) is 3.34. The summed E-state index contributed by atoms with van der Waals surface area (Å²) in [5.74, 6) is -0.169. The molecule has 14 heavy (non-hydrogen) atoms. The van der Waals surface area contributed by atoms with Crippen LogP contribution in [0.3, 0.4) is 0 Å². The summed E-state index contributed by atoms with van der Waals surface area (Å²) in [5.41, 5.74) is 0. The first kappa shape index (κ1) is 11.5. The van der Waals surface area contributed by atoms with Crippen molar-refractivity contribution in [2.24, 2.45) is 5.92 Å². The normalized spacial score (nSPS) is 19.6. The molecule has 0 amide bonds. The molecular formula is C10H19NO3. The van der Waals surface area contributed by atoms with Gasteiger partial charge in [-0.1, -0.05) is 13.3 Å². The summed E-state index contributed by atoms with van der Waals surface area (Å²) in [6, 6.07) is 0. The van der Waals surface area contributed by atoms with Gasteiger partial charge in [0.15, 0.2) is 0 Å².